The van der Waals surface area contributed by atoms with Crippen LogP contribution in [0.25, 0.3) is 11.1 Å². The molecule has 0 aliphatic rings. The van der Waals surface area contributed by atoms with Crippen LogP contribution in [-0.4, -0.2) is 23.3 Å². The molecule has 0 radical (unpaired) electrons. The summed E-state index contributed by atoms with van der Waals surface area (Å²) in [5.74, 6) is -0.522. The number of benzene rings is 2. The van der Waals surface area contributed by atoms with Gasteiger partial charge in [0.15, 0.2) is 5.58 Å². The summed E-state index contributed by atoms with van der Waals surface area (Å²) in [5, 5.41) is 1.99. The summed E-state index contributed by atoms with van der Waals surface area (Å²) < 4.78 is 35.4. The normalized spacial score (nSPS) is 13.2. The molecule has 0 amide bonds. The highest BCUT2D eigenvalue weighted by atomic mass is 32.2. The van der Waals surface area contributed by atoms with Crippen molar-refractivity contribution in [2.24, 2.45) is 7.05 Å². The predicted octanol–water partition coefficient (Wildman–Crippen LogP) is 4.02. The minimum absolute atomic E-state index is 0.110. The summed E-state index contributed by atoms with van der Waals surface area (Å²) >= 11 is 1.61. The molecule has 156 valence electrons. The third-order valence-electron chi connectivity index (χ3n) is 5.12. The molecular weight excluding hydrogens is 420 g/mol. The smallest absolute Gasteiger partial charge is 0.408 e. The van der Waals surface area contributed by atoms with E-state index in [1.54, 1.807) is 24.5 Å². The fourth-order valence-corrected chi connectivity index (χ4v) is 5.93. The average molecular weight is 443 g/mol. The zero-order valence-corrected chi connectivity index (χ0v) is 18.3. The number of nitrogens with zero attached hydrogens (tertiary/aromatic N) is 2. The molecule has 2 aromatic carbocycles. The molecule has 2 heterocycles. The lowest BCUT2D eigenvalue weighted by Gasteiger charge is -2.28. The van der Waals surface area contributed by atoms with Crippen molar-refractivity contribution in [1.82, 2.24) is 8.87 Å². The molecule has 6 nitrogen and oxygen atoms in total. The van der Waals surface area contributed by atoms with E-state index in [0.29, 0.717) is 11.9 Å². The Morgan fingerprint density at radius 1 is 1.10 bits per heavy atom. The maximum absolute atomic E-state index is 13.6. The molecule has 0 aliphatic carbocycles. The van der Waals surface area contributed by atoms with Gasteiger partial charge in [-0.25, -0.2) is 13.2 Å². The lowest BCUT2D eigenvalue weighted by molar-refractivity contribution is 0.329. The third kappa shape index (κ3) is 3.98. The van der Waals surface area contributed by atoms with Gasteiger partial charge in [-0.05, 0) is 42.5 Å². The Kier molecular flexibility index (Phi) is 5.64. The van der Waals surface area contributed by atoms with Crippen molar-refractivity contribution in [3.63, 3.8) is 0 Å². The zero-order chi connectivity index (χ0) is 21.3. The van der Waals surface area contributed by atoms with Gasteiger partial charge in [0.05, 0.1) is 10.4 Å². The van der Waals surface area contributed by atoms with Gasteiger partial charge in [0.2, 0.25) is 10.0 Å². The maximum atomic E-state index is 13.6. The van der Waals surface area contributed by atoms with Crippen LogP contribution in [0.15, 0.2) is 80.2 Å². The molecule has 2 aromatic heterocycles. The summed E-state index contributed by atoms with van der Waals surface area (Å²) in [7, 11) is -2.24. The lowest BCUT2D eigenvalue weighted by atomic mass is 10.1. The number of hydrogen-bond donors (Lipinski definition) is 0. The number of hydrogen-bond acceptors (Lipinski definition) is 5. The van der Waals surface area contributed by atoms with Crippen LogP contribution in [0.5, 0.6) is 0 Å². The summed E-state index contributed by atoms with van der Waals surface area (Å²) in [4.78, 5) is 13.0. The number of aromatic nitrogens is 1. The van der Waals surface area contributed by atoms with Crippen molar-refractivity contribution < 1.29 is 12.8 Å². The van der Waals surface area contributed by atoms with Gasteiger partial charge in [0.1, 0.15) is 0 Å². The molecule has 0 saturated heterocycles. The molecule has 0 spiro atoms. The second-order valence-electron chi connectivity index (χ2n) is 7.22. The van der Waals surface area contributed by atoms with Gasteiger partial charge in [0.25, 0.3) is 0 Å². The molecule has 4 aromatic rings. The highest BCUT2D eigenvalue weighted by Crippen LogP contribution is 2.26. The van der Waals surface area contributed by atoms with Crippen LogP contribution in [-0.2, 0) is 30.0 Å². The van der Waals surface area contributed by atoms with E-state index in [1.807, 2.05) is 54.8 Å². The standard InChI is InChI=1S/C22H22N2O4S2/c1-16(13-18-9-6-12-29-18)24(15-17-7-4-3-5-8-17)30(26,27)19-10-11-20-21(14-19)28-22(25)23(20)2/h3-12,14,16H,13,15H2,1-2H3. The van der Waals surface area contributed by atoms with Gasteiger partial charge >= 0.3 is 5.76 Å². The van der Waals surface area contributed by atoms with E-state index >= 15 is 0 Å². The molecule has 0 aliphatic heterocycles. The Hall–Kier alpha value is -2.68. The van der Waals surface area contributed by atoms with Crippen LogP contribution in [0.1, 0.15) is 17.4 Å². The first-order valence-corrected chi connectivity index (χ1v) is 11.9. The summed E-state index contributed by atoms with van der Waals surface area (Å²) in [5.41, 5.74) is 1.72. The van der Waals surface area contributed by atoms with E-state index < -0.39 is 15.8 Å². The first-order chi connectivity index (χ1) is 14.4. The predicted molar refractivity (Wildman–Crippen MR) is 118 cm³/mol. The van der Waals surface area contributed by atoms with Crippen LogP contribution >= 0.6 is 11.3 Å². The van der Waals surface area contributed by atoms with Crippen molar-refractivity contribution >= 4 is 32.5 Å². The van der Waals surface area contributed by atoms with Crippen LogP contribution in [0.3, 0.4) is 0 Å². The minimum atomic E-state index is -3.83. The van der Waals surface area contributed by atoms with E-state index in [-0.39, 0.29) is 23.1 Å². The maximum Gasteiger partial charge on any atom is 0.419 e. The van der Waals surface area contributed by atoms with Crippen molar-refractivity contribution in [2.45, 2.75) is 30.8 Å². The fraction of sp³-hybridized carbons (Fsp3) is 0.227. The van der Waals surface area contributed by atoms with Crippen molar-refractivity contribution in [2.75, 3.05) is 0 Å². The van der Waals surface area contributed by atoms with Gasteiger partial charge in [0, 0.05) is 30.6 Å². The van der Waals surface area contributed by atoms with Crippen molar-refractivity contribution in [1.29, 1.82) is 0 Å². The fourth-order valence-electron chi connectivity index (χ4n) is 3.47. The molecule has 0 fully saturated rings. The van der Waals surface area contributed by atoms with E-state index in [0.717, 1.165) is 10.4 Å². The average Bonchev–Trinajstić information content (AvgIpc) is 3.34. The first-order valence-electron chi connectivity index (χ1n) is 9.54. The molecule has 0 bridgehead atoms. The molecule has 1 atom stereocenters. The Bertz CT molecular complexity index is 1310. The van der Waals surface area contributed by atoms with Crippen molar-refractivity contribution in [3.8, 4) is 0 Å². The zero-order valence-electron chi connectivity index (χ0n) is 16.7. The second-order valence-corrected chi connectivity index (χ2v) is 10.1. The Labute approximate surface area is 179 Å². The highest BCUT2D eigenvalue weighted by Gasteiger charge is 2.30. The molecule has 1 unspecified atom stereocenters. The van der Waals surface area contributed by atoms with E-state index in [2.05, 4.69) is 0 Å². The van der Waals surface area contributed by atoms with E-state index in [1.165, 1.54) is 21.0 Å². The Morgan fingerprint density at radius 2 is 1.87 bits per heavy atom. The van der Waals surface area contributed by atoms with Gasteiger partial charge < -0.3 is 4.42 Å². The van der Waals surface area contributed by atoms with Gasteiger partial charge in [-0.2, -0.15) is 4.31 Å². The Balaban J connectivity index is 1.74. The van der Waals surface area contributed by atoms with Crippen LogP contribution < -0.4 is 5.76 Å². The minimum Gasteiger partial charge on any atom is -0.408 e. The van der Waals surface area contributed by atoms with Gasteiger partial charge in [-0.1, -0.05) is 36.4 Å². The number of sulfonamides is 1. The third-order valence-corrected chi connectivity index (χ3v) is 7.97. The largest absolute Gasteiger partial charge is 0.419 e. The second kappa shape index (κ2) is 8.22. The SMILES string of the molecule is CC(Cc1cccs1)N(Cc1ccccc1)S(=O)(=O)c1ccc2c(c1)oc(=O)n2C. The van der Waals surface area contributed by atoms with Crippen LogP contribution in [0, 0.1) is 0 Å². The number of aryl methyl sites for hydroxylation is 1. The summed E-state index contributed by atoms with van der Waals surface area (Å²) in [6.45, 7) is 2.17. The lowest BCUT2D eigenvalue weighted by Crippen LogP contribution is -2.39. The number of thiophene rings is 1. The van der Waals surface area contributed by atoms with Gasteiger partial charge in [-0.3, -0.25) is 4.57 Å². The van der Waals surface area contributed by atoms with Gasteiger partial charge in [-0.15, -0.1) is 11.3 Å². The van der Waals surface area contributed by atoms with Crippen molar-refractivity contribution in [3.05, 3.63) is 87.0 Å². The number of fused-ring (bicyclic) bond motifs is 1. The van der Waals surface area contributed by atoms with Crippen LogP contribution in [0.4, 0.5) is 0 Å². The molecule has 0 N–H and O–H groups in total. The topological polar surface area (TPSA) is 72.5 Å². The summed E-state index contributed by atoms with van der Waals surface area (Å²) in [6.07, 6.45) is 0.617. The highest BCUT2D eigenvalue weighted by molar-refractivity contribution is 7.89. The summed E-state index contributed by atoms with van der Waals surface area (Å²) in [6, 6.07) is 17.8. The molecule has 0 saturated carbocycles. The monoisotopic (exact) mass is 442 g/mol. The van der Waals surface area contributed by atoms with Crippen LogP contribution in [0.2, 0.25) is 0 Å². The Morgan fingerprint density at radius 3 is 2.57 bits per heavy atom. The van der Waals surface area contributed by atoms with E-state index in [4.69, 9.17) is 4.42 Å². The number of oxazole rings is 1. The molecule has 30 heavy (non-hydrogen) atoms. The quantitative estimate of drug-likeness (QED) is 0.433. The molecule has 8 heteroatoms. The first kappa shape index (κ1) is 20.6. The molecule has 4 rings (SSSR count). The molecular formula is C22H22N2O4S2. The van der Waals surface area contributed by atoms with E-state index in [9.17, 15) is 13.2 Å². The number of rotatable bonds is 7.